The molecule has 55 heavy (non-hydrogen) atoms. The number of hydrazone groups is 1. The van der Waals surface area contributed by atoms with Crippen molar-refractivity contribution in [1.29, 1.82) is 0 Å². The van der Waals surface area contributed by atoms with Crippen LogP contribution < -0.4 is 20.8 Å². The third-order valence-electron chi connectivity index (χ3n) is 10.1. The van der Waals surface area contributed by atoms with E-state index >= 15 is 0 Å². The summed E-state index contributed by atoms with van der Waals surface area (Å²) in [6.45, 7) is 11.7. The highest BCUT2D eigenvalue weighted by Crippen LogP contribution is 2.43. The van der Waals surface area contributed by atoms with Gasteiger partial charge < -0.3 is 39.4 Å². The van der Waals surface area contributed by atoms with Gasteiger partial charge in [0.05, 0.1) is 49.7 Å². The average molecular weight is 767 g/mol. The Morgan fingerprint density at radius 3 is 2.47 bits per heavy atom. The van der Waals surface area contributed by atoms with Crippen LogP contribution in [0.3, 0.4) is 0 Å². The molecule has 4 N–H and O–H groups in total. The molecule has 0 unspecified atom stereocenters. The van der Waals surface area contributed by atoms with E-state index in [1.807, 2.05) is 50.3 Å². The third kappa shape index (κ3) is 13.7. The minimum absolute atomic E-state index is 0.0230. The maximum atomic E-state index is 12.9. The molecule has 3 fully saturated rings. The lowest BCUT2D eigenvalue weighted by molar-refractivity contribution is -0.145. The lowest BCUT2D eigenvalue weighted by Crippen LogP contribution is -2.50. The van der Waals surface area contributed by atoms with Crippen molar-refractivity contribution in [1.82, 2.24) is 16.1 Å². The van der Waals surface area contributed by atoms with E-state index in [1.165, 1.54) is 13.0 Å². The zero-order chi connectivity index (χ0) is 40.1. The lowest BCUT2D eigenvalue weighted by Gasteiger charge is -2.39. The van der Waals surface area contributed by atoms with Crippen LogP contribution in [0.1, 0.15) is 85.6 Å². The second-order valence-corrected chi connectivity index (χ2v) is 14.7. The number of hydrogen-bond acceptors (Lipinski definition) is 11. The predicted molar refractivity (Wildman–Crippen MR) is 206 cm³/mol. The Morgan fingerprint density at radius 1 is 1.07 bits per heavy atom. The zero-order valence-corrected chi connectivity index (χ0v) is 33.0. The van der Waals surface area contributed by atoms with Crippen molar-refractivity contribution >= 4 is 29.4 Å². The highest BCUT2D eigenvalue weighted by molar-refractivity contribution is 5.99. The third-order valence-corrected chi connectivity index (χ3v) is 10.1. The maximum Gasteiger partial charge on any atom is 0.303 e. The van der Waals surface area contributed by atoms with Gasteiger partial charge in [-0.15, -0.1) is 0 Å². The number of carbonyl (C=O) groups is 4. The van der Waals surface area contributed by atoms with E-state index in [0.717, 1.165) is 17.6 Å². The fourth-order valence-electron chi connectivity index (χ4n) is 6.69. The standard InChI is InChI=1S/C41H58N4O10/c1-25(10-17-35-26(2)21-34(29(5)54-35)43-38(48)19-12-27(3)53-30(6)46)11-18-36-40(50)41(24-52-41)23-33(55-36)22-39(49)45-44-28(4)31-13-15-32(16-14-31)51-20-8-9-37(47)42-7/h10-16,18-19,26-27,29,33-36,40,50H,8-9,17,20-24H2,1-7H3,(H,42,47)(H,43,48)(H,45,49)/b18-11+,19-12-,25-10+,44-28+/t26-,27-,29+,33+,34+,35-,36+,40+,41+/m0/s1. The summed E-state index contributed by atoms with van der Waals surface area (Å²) in [6, 6.07) is 7.19. The highest BCUT2D eigenvalue weighted by atomic mass is 16.6. The fraction of sp³-hybridized carbons (Fsp3) is 0.585. The van der Waals surface area contributed by atoms with E-state index < -0.39 is 36.0 Å². The van der Waals surface area contributed by atoms with Crippen molar-refractivity contribution in [3.63, 3.8) is 0 Å². The van der Waals surface area contributed by atoms with Crippen molar-refractivity contribution in [2.24, 2.45) is 11.0 Å². The molecule has 1 aromatic carbocycles. The molecular formula is C41H58N4O10. The number of aliphatic hydroxyl groups is 1. The van der Waals surface area contributed by atoms with Crippen molar-refractivity contribution < 1.29 is 48.0 Å². The number of rotatable bonds is 17. The van der Waals surface area contributed by atoms with Crippen molar-refractivity contribution in [3.8, 4) is 5.75 Å². The van der Waals surface area contributed by atoms with Crippen LogP contribution in [-0.2, 0) is 38.1 Å². The minimum Gasteiger partial charge on any atom is -0.494 e. The van der Waals surface area contributed by atoms with Crippen LogP contribution in [-0.4, -0.2) is 103 Å². The number of hydrogen-bond donors (Lipinski definition) is 4. The summed E-state index contributed by atoms with van der Waals surface area (Å²) in [6.07, 6.45) is 8.91. The van der Waals surface area contributed by atoms with Gasteiger partial charge in [-0.2, -0.15) is 5.10 Å². The van der Waals surface area contributed by atoms with E-state index in [4.69, 9.17) is 23.7 Å². The molecular weight excluding hydrogens is 708 g/mol. The Morgan fingerprint density at radius 2 is 1.80 bits per heavy atom. The number of epoxide rings is 1. The summed E-state index contributed by atoms with van der Waals surface area (Å²) in [7, 11) is 1.61. The normalized spacial score (nSPS) is 28.8. The van der Waals surface area contributed by atoms with Gasteiger partial charge in [0.15, 0.2) is 0 Å². The first kappa shape index (κ1) is 43.4. The molecule has 3 aliphatic heterocycles. The van der Waals surface area contributed by atoms with Crippen LogP contribution in [0.2, 0.25) is 0 Å². The largest absolute Gasteiger partial charge is 0.494 e. The van der Waals surface area contributed by atoms with Crippen LogP contribution in [0.5, 0.6) is 5.75 Å². The number of benzene rings is 1. The molecule has 3 aliphatic rings. The fourth-order valence-corrected chi connectivity index (χ4v) is 6.69. The smallest absolute Gasteiger partial charge is 0.303 e. The minimum atomic E-state index is -0.867. The molecule has 14 nitrogen and oxygen atoms in total. The van der Waals surface area contributed by atoms with Gasteiger partial charge in [0.2, 0.25) is 17.7 Å². The van der Waals surface area contributed by atoms with Gasteiger partial charge in [-0.25, -0.2) is 5.43 Å². The van der Waals surface area contributed by atoms with Crippen molar-refractivity contribution in [2.45, 2.75) is 128 Å². The topological polar surface area (TPSA) is 186 Å². The first-order valence-corrected chi connectivity index (χ1v) is 19.1. The number of aliphatic hydroxyl groups excluding tert-OH is 1. The number of ether oxygens (including phenoxy) is 5. The van der Waals surface area contributed by atoms with E-state index in [2.05, 4.69) is 34.2 Å². The van der Waals surface area contributed by atoms with Crippen LogP contribution in [0.15, 0.2) is 65.3 Å². The van der Waals surface area contributed by atoms with E-state index in [9.17, 15) is 24.3 Å². The highest BCUT2D eigenvalue weighted by Gasteiger charge is 2.58. The zero-order valence-electron chi connectivity index (χ0n) is 33.0. The van der Waals surface area contributed by atoms with Gasteiger partial charge in [-0.05, 0) is 88.8 Å². The number of esters is 1. The monoisotopic (exact) mass is 766 g/mol. The van der Waals surface area contributed by atoms with E-state index in [0.29, 0.717) is 50.4 Å². The number of amides is 3. The number of nitrogens with one attached hydrogen (secondary N) is 3. The molecule has 0 bridgehead atoms. The Kier molecular flexibility index (Phi) is 16.2. The maximum absolute atomic E-state index is 12.9. The number of carbonyl (C=O) groups excluding carboxylic acids is 4. The molecule has 14 heteroatoms. The Balaban J connectivity index is 1.23. The number of allylic oxidation sites excluding steroid dienone is 2. The second kappa shape index (κ2) is 20.5. The van der Waals surface area contributed by atoms with Gasteiger partial charge in [0.1, 0.15) is 29.7 Å². The summed E-state index contributed by atoms with van der Waals surface area (Å²) in [5.74, 6) is -0.136. The molecule has 0 saturated carbocycles. The van der Waals surface area contributed by atoms with Gasteiger partial charge in [0.25, 0.3) is 0 Å². The predicted octanol–water partition coefficient (Wildman–Crippen LogP) is 3.81. The van der Waals surface area contributed by atoms with Crippen LogP contribution in [0.25, 0.3) is 0 Å². The van der Waals surface area contributed by atoms with E-state index in [1.54, 1.807) is 27.0 Å². The van der Waals surface area contributed by atoms with Gasteiger partial charge >= 0.3 is 5.97 Å². The Bertz CT molecular complexity index is 1600. The lowest BCUT2D eigenvalue weighted by atomic mass is 9.87. The molecule has 0 aliphatic carbocycles. The van der Waals surface area contributed by atoms with E-state index in [-0.39, 0.29) is 48.3 Å². The molecule has 0 aromatic heterocycles. The van der Waals surface area contributed by atoms with Crippen molar-refractivity contribution in [2.75, 3.05) is 20.3 Å². The first-order chi connectivity index (χ1) is 26.2. The average Bonchev–Trinajstić information content (AvgIpc) is 3.92. The second-order valence-electron chi connectivity index (χ2n) is 14.7. The van der Waals surface area contributed by atoms with Crippen LogP contribution in [0, 0.1) is 5.92 Å². The molecule has 302 valence electrons. The molecule has 3 heterocycles. The summed E-state index contributed by atoms with van der Waals surface area (Å²) < 4.78 is 28.9. The Hall–Kier alpha value is -4.37. The molecule has 3 saturated heterocycles. The van der Waals surface area contributed by atoms with Gasteiger partial charge in [-0.3, -0.25) is 19.2 Å². The molecule has 4 rings (SSSR count). The summed E-state index contributed by atoms with van der Waals surface area (Å²) in [4.78, 5) is 47.8. The molecule has 0 radical (unpaired) electrons. The molecule has 1 aromatic rings. The SMILES string of the molecule is CNC(=O)CCCOc1ccc(/C(C)=N/NC(=O)C[C@@H]2C[C@@]3(CO3)[C@H](O)[C@@H](/C=C/C(C)=C/C[C@@H]3O[C@H](C)[C@H](NC(=O)/C=C\[C@H](C)OC(C)=O)C[C@@H]3C)O2)cc1. The first-order valence-electron chi connectivity index (χ1n) is 19.1. The molecule has 3 amide bonds. The Labute approximate surface area is 324 Å². The van der Waals surface area contributed by atoms with Crippen LogP contribution in [0.4, 0.5) is 0 Å². The summed E-state index contributed by atoms with van der Waals surface area (Å²) in [5.41, 5.74) is 4.30. The molecule has 9 atom stereocenters. The molecule has 1 spiro atoms. The van der Waals surface area contributed by atoms with Gasteiger partial charge in [-0.1, -0.05) is 30.7 Å². The number of nitrogens with zero attached hydrogens (tertiary/aromatic N) is 1. The van der Waals surface area contributed by atoms with Gasteiger partial charge in [0, 0.05) is 32.9 Å². The summed E-state index contributed by atoms with van der Waals surface area (Å²) in [5, 5.41) is 20.9. The quantitative estimate of drug-likeness (QED) is 0.0346. The van der Waals surface area contributed by atoms with Crippen LogP contribution >= 0.6 is 0 Å². The summed E-state index contributed by atoms with van der Waals surface area (Å²) >= 11 is 0. The van der Waals surface area contributed by atoms with Crippen molar-refractivity contribution in [3.05, 3.63) is 65.8 Å².